The van der Waals surface area contributed by atoms with Crippen molar-refractivity contribution in [2.24, 2.45) is 4.99 Å². The summed E-state index contributed by atoms with van der Waals surface area (Å²) < 4.78 is 0. The van der Waals surface area contributed by atoms with Crippen molar-refractivity contribution in [3.05, 3.63) is 55.6 Å². The molecule has 1 aromatic rings. The molecule has 0 heterocycles. The van der Waals surface area contributed by atoms with Gasteiger partial charge in [-0.15, -0.1) is 13.2 Å². The molecule has 0 fully saturated rings. The lowest BCUT2D eigenvalue weighted by Crippen LogP contribution is -2.21. The van der Waals surface area contributed by atoms with Gasteiger partial charge in [-0.3, -0.25) is 0 Å². The molecular weight excluding hydrogens is 184 g/mol. The molecule has 0 atom stereocenters. The fourth-order valence-corrected chi connectivity index (χ4v) is 1.16. The zero-order valence-corrected chi connectivity index (χ0v) is 8.84. The van der Waals surface area contributed by atoms with E-state index < -0.39 is 0 Å². The lowest BCUT2D eigenvalue weighted by atomic mass is 10.3. The van der Waals surface area contributed by atoms with Gasteiger partial charge < -0.3 is 4.90 Å². The Morgan fingerprint density at radius 3 is 2.20 bits per heavy atom. The van der Waals surface area contributed by atoms with Crippen LogP contribution in [0.15, 0.2) is 60.6 Å². The van der Waals surface area contributed by atoms with Crippen LogP contribution in [0.3, 0.4) is 0 Å². The predicted octanol–water partition coefficient (Wildman–Crippen LogP) is 3.02. The van der Waals surface area contributed by atoms with Crippen molar-refractivity contribution in [3.63, 3.8) is 0 Å². The van der Waals surface area contributed by atoms with Crippen LogP contribution < -0.4 is 0 Å². The summed E-state index contributed by atoms with van der Waals surface area (Å²) in [6.45, 7) is 8.96. The van der Waals surface area contributed by atoms with Crippen LogP contribution in [0.25, 0.3) is 0 Å². The van der Waals surface area contributed by atoms with Crippen molar-refractivity contribution in [2.75, 3.05) is 13.1 Å². The fraction of sp³-hybridized carbons (Fsp3) is 0.154. The standard InChI is InChI=1S/C13H16N2/c1-3-10-15(11-4-2)12-14-13-8-6-5-7-9-13/h3-9,12H,1-2,10-11H2/b14-12+. The summed E-state index contributed by atoms with van der Waals surface area (Å²) in [6, 6.07) is 9.85. The molecule has 0 aliphatic carbocycles. The van der Waals surface area contributed by atoms with E-state index in [1.165, 1.54) is 0 Å². The molecule has 0 unspecified atom stereocenters. The Bertz CT molecular complexity index is 318. The monoisotopic (exact) mass is 200 g/mol. The number of hydrogen-bond donors (Lipinski definition) is 0. The van der Waals surface area contributed by atoms with Gasteiger partial charge in [0.15, 0.2) is 0 Å². The van der Waals surface area contributed by atoms with Crippen molar-refractivity contribution >= 4 is 12.0 Å². The fourth-order valence-electron chi connectivity index (χ4n) is 1.16. The molecule has 2 heteroatoms. The second-order valence-corrected chi connectivity index (χ2v) is 3.11. The maximum Gasteiger partial charge on any atom is 0.0917 e. The molecule has 1 rings (SSSR count). The Morgan fingerprint density at radius 2 is 1.67 bits per heavy atom. The van der Waals surface area contributed by atoms with Crippen LogP contribution in [0.2, 0.25) is 0 Å². The van der Waals surface area contributed by atoms with E-state index in [1.807, 2.05) is 53.7 Å². The average molecular weight is 200 g/mol. The summed E-state index contributed by atoms with van der Waals surface area (Å²) in [4.78, 5) is 6.38. The number of para-hydroxylation sites is 1. The van der Waals surface area contributed by atoms with Crippen LogP contribution in [0.1, 0.15) is 0 Å². The summed E-state index contributed by atoms with van der Waals surface area (Å²) in [5, 5.41) is 0. The summed E-state index contributed by atoms with van der Waals surface area (Å²) in [5.41, 5.74) is 0.954. The molecule has 0 N–H and O–H groups in total. The minimum Gasteiger partial charge on any atom is -0.355 e. The molecule has 0 aliphatic rings. The van der Waals surface area contributed by atoms with Crippen molar-refractivity contribution < 1.29 is 0 Å². The number of benzene rings is 1. The molecule has 0 spiro atoms. The minimum absolute atomic E-state index is 0.780. The molecule has 0 radical (unpaired) electrons. The third-order valence-corrected chi connectivity index (χ3v) is 1.85. The van der Waals surface area contributed by atoms with Crippen molar-refractivity contribution in [3.8, 4) is 0 Å². The zero-order chi connectivity index (χ0) is 10.9. The van der Waals surface area contributed by atoms with Gasteiger partial charge in [0.05, 0.1) is 12.0 Å². The highest BCUT2D eigenvalue weighted by Gasteiger charge is 1.92. The SMILES string of the molecule is C=CCN(/C=N/c1ccccc1)CC=C. The quantitative estimate of drug-likeness (QED) is 0.391. The second-order valence-electron chi connectivity index (χ2n) is 3.11. The number of aliphatic imine (C=N–C) groups is 1. The Kier molecular flexibility index (Phi) is 4.95. The van der Waals surface area contributed by atoms with E-state index in [2.05, 4.69) is 18.2 Å². The summed E-state index contributed by atoms with van der Waals surface area (Å²) in [5.74, 6) is 0. The molecule has 0 bridgehead atoms. The molecule has 0 saturated heterocycles. The Morgan fingerprint density at radius 1 is 1.07 bits per heavy atom. The molecule has 0 saturated carbocycles. The van der Waals surface area contributed by atoms with E-state index in [0.29, 0.717) is 0 Å². The van der Waals surface area contributed by atoms with Crippen LogP contribution in [-0.4, -0.2) is 24.3 Å². The Labute approximate surface area is 91.3 Å². The lowest BCUT2D eigenvalue weighted by Gasteiger charge is -2.14. The van der Waals surface area contributed by atoms with Crippen LogP contribution in [-0.2, 0) is 0 Å². The third-order valence-electron chi connectivity index (χ3n) is 1.85. The zero-order valence-electron chi connectivity index (χ0n) is 8.84. The number of rotatable bonds is 6. The molecule has 78 valence electrons. The normalized spacial score (nSPS) is 10.1. The van der Waals surface area contributed by atoms with Gasteiger partial charge in [-0.25, -0.2) is 4.99 Å². The minimum atomic E-state index is 0.780. The van der Waals surface area contributed by atoms with Crippen molar-refractivity contribution in [1.29, 1.82) is 0 Å². The molecule has 2 nitrogen and oxygen atoms in total. The largest absolute Gasteiger partial charge is 0.355 e. The van der Waals surface area contributed by atoms with Crippen LogP contribution in [0.5, 0.6) is 0 Å². The first-order valence-corrected chi connectivity index (χ1v) is 4.92. The highest BCUT2D eigenvalue weighted by molar-refractivity contribution is 5.61. The van der Waals surface area contributed by atoms with Gasteiger partial charge in [0.1, 0.15) is 0 Å². The van der Waals surface area contributed by atoms with Crippen LogP contribution >= 0.6 is 0 Å². The third kappa shape index (κ3) is 4.27. The van der Waals surface area contributed by atoms with E-state index >= 15 is 0 Å². The van der Waals surface area contributed by atoms with E-state index in [4.69, 9.17) is 0 Å². The number of nitrogens with zero attached hydrogens (tertiary/aromatic N) is 2. The lowest BCUT2D eigenvalue weighted by molar-refractivity contribution is 0.529. The molecule has 0 amide bonds. The highest BCUT2D eigenvalue weighted by Crippen LogP contribution is 2.08. The van der Waals surface area contributed by atoms with Crippen molar-refractivity contribution in [2.45, 2.75) is 0 Å². The Hall–Kier alpha value is -1.83. The van der Waals surface area contributed by atoms with Crippen LogP contribution in [0, 0.1) is 0 Å². The van der Waals surface area contributed by atoms with Gasteiger partial charge in [-0.1, -0.05) is 30.4 Å². The summed E-state index contributed by atoms with van der Waals surface area (Å²) in [6.07, 6.45) is 5.51. The molecule has 1 aromatic carbocycles. The van der Waals surface area contributed by atoms with Gasteiger partial charge in [-0.05, 0) is 12.1 Å². The van der Waals surface area contributed by atoms with Crippen molar-refractivity contribution in [1.82, 2.24) is 4.90 Å². The van der Waals surface area contributed by atoms with Gasteiger partial charge in [0.25, 0.3) is 0 Å². The van der Waals surface area contributed by atoms with E-state index in [9.17, 15) is 0 Å². The van der Waals surface area contributed by atoms with Gasteiger partial charge in [0, 0.05) is 13.1 Å². The molecule has 15 heavy (non-hydrogen) atoms. The van der Waals surface area contributed by atoms with E-state index in [-0.39, 0.29) is 0 Å². The topological polar surface area (TPSA) is 15.6 Å². The first kappa shape index (κ1) is 11.2. The predicted molar refractivity (Wildman–Crippen MR) is 66.6 cm³/mol. The summed E-state index contributed by atoms with van der Waals surface area (Å²) >= 11 is 0. The number of hydrogen-bond acceptors (Lipinski definition) is 1. The maximum atomic E-state index is 4.35. The molecular formula is C13H16N2. The first-order valence-electron chi connectivity index (χ1n) is 4.92. The summed E-state index contributed by atoms with van der Waals surface area (Å²) in [7, 11) is 0. The molecule has 0 aliphatic heterocycles. The first-order chi connectivity index (χ1) is 7.36. The smallest absolute Gasteiger partial charge is 0.0917 e. The Balaban J connectivity index is 2.60. The highest BCUT2D eigenvalue weighted by atomic mass is 15.1. The maximum absolute atomic E-state index is 4.35. The van der Waals surface area contributed by atoms with E-state index in [1.54, 1.807) is 0 Å². The van der Waals surface area contributed by atoms with E-state index in [0.717, 1.165) is 18.8 Å². The second kappa shape index (κ2) is 6.60. The van der Waals surface area contributed by atoms with Gasteiger partial charge in [0.2, 0.25) is 0 Å². The van der Waals surface area contributed by atoms with Gasteiger partial charge >= 0.3 is 0 Å². The average Bonchev–Trinajstić information content (AvgIpc) is 2.28. The van der Waals surface area contributed by atoms with Gasteiger partial charge in [-0.2, -0.15) is 0 Å². The molecule has 0 aromatic heterocycles. The van der Waals surface area contributed by atoms with Crippen LogP contribution in [0.4, 0.5) is 5.69 Å².